The van der Waals surface area contributed by atoms with Crippen molar-refractivity contribution in [3.8, 4) is 0 Å². The van der Waals surface area contributed by atoms with Crippen LogP contribution in [0.2, 0.25) is 0 Å². The van der Waals surface area contributed by atoms with E-state index in [0.717, 1.165) is 19.4 Å². The third-order valence-corrected chi connectivity index (χ3v) is 5.29. The molecule has 0 radical (unpaired) electrons. The highest BCUT2D eigenvalue weighted by molar-refractivity contribution is 7.10. The van der Waals surface area contributed by atoms with Crippen molar-refractivity contribution < 1.29 is 4.74 Å². The molecule has 2 N–H and O–H groups in total. The van der Waals surface area contributed by atoms with Gasteiger partial charge < -0.3 is 10.5 Å². The van der Waals surface area contributed by atoms with Crippen LogP contribution in [-0.4, -0.2) is 37.2 Å². The van der Waals surface area contributed by atoms with Gasteiger partial charge in [-0.15, -0.1) is 11.3 Å². The lowest BCUT2D eigenvalue weighted by molar-refractivity contribution is -0.00115. The van der Waals surface area contributed by atoms with Crippen molar-refractivity contribution in [2.45, 2.75) is 44.9 Å². The van der Waals surface area contributed by atoms with Crippen molar-refractivity contribution in [1.82, 2.24) is 4.90 Å². The Kier molecular flexibility index (Phi) is 4.78. The van der Waals surface area contributed by atoms with Gasteiger partial charge in [0.05, 0.1) is 6.10 Å². The molecular formula is C14H24N2OS. The first kappa shape index (κ1) is 14.0. The molecule has 2 heterocycles. The molecule has 18 heavy (non-hydrogen) atoms. The molecule has 0 saturated carbocycles. The van der Waals surface area contributed by atoms with Crippen LogP contribution in [0.4, 0.5) is 0 Å². The summed E-state index contributed by atoms with van der Waals surface area (Å²) in [6.07, 6.45) is 2.55. The summed E-state index contributed by atoms with van der Waals surface area (Å²) in [6.45, 7) is 6.30. The van der Waals surface area contributed by atoms with E-state index >= 15 is 0 Å². The summed E-state index contributed by atoms with van der Waals surface area (Å²) in [4.78, 5) is 4.03. The lowest BCUT2D eigenvalue weighted by Gasteiger charge is -2.42. The molecule has 0 amide bonds. The van der Waals surface area contributed by atoms with Crippen LogP contribution in [0.5, 0.6) is 0 Å². The Balaban J connectivity index is 2.10. The second-order valence-electron chi connectivity index (χ2n) is 5.15. The molecule has 0 bridgehead atoms. The molecule has 0 spiro atoms. The Morgan fingerprint density at radius 1 is 1.61 bits per heavy atom. The average Bonchev–Trinajstić information content (AvgIpc) is 2.83. The minimum Gasteiger partial charge on any atom is -0.381 e. The van der Waals surface area contributed by atoms with E-state index in [1.165, 1.54) is 10.4 Å². The van der Waals surface area contributed by atoms with Crippen LogP contribution < -0.4 is 5.73 Å². The van der Waals surface area contributed by atoms with Crippen LogP contribution in [0.25, 0.3) is 0 Å². The third kappa shape index (κ3) is 2.77. The normalized spacial score (nSPS) is 27.3. The van der Waals surface area contributed by atoms with E-state index in [-0.39, 0.29) is 0 Å². The van der Waals surface area contributed by atoms with Crippen molar-refractivity contribution in [2.24, 2.45) is 5.73 Å². The van der Waals surface area contributed by atoms with E-state index in [9.17, 15) is 0 Å². The van der Waals surface area contributed by atoms with E-state index in [2.05, 4.69) is 30.2 Å². The van der Waals surface area contributed by atoms with E-state index in [1.807, 2.05) is 11.3 Å². The van der Waals surface area contributed by atoms with Crippen molar-refractivity contribution in [3.05, 3.63) is 21.9 Å². The predicted molar refractivity (Wildman–Crippen MR) is 77.1 cm³/mol. The fraction of sp³-hybridized carbons (Fsp3) is 0.714. The number of nitrogens with zero attached hydrogens (tertiary/aromatic N) is 1. The molecule has 2 rings (SSSR count). The average molecular weight is 268 g/mol. The minimum atomic E-state index is 0.381. The maximum Gasteiger partial charge on any atom is 0.0599 e. The number of rotatable bonds is 4. The van der Waals surface area contributed by atoms with Crippen LogP contribution in [0, 0.1) is 6.92 Å². The summed E-state index contributed by atoms with van der Waals surface area (Å²) >= 11 is 1.86. The van der Waals surface area contributed by atoms with Gasteiger partial charge in [-0.25, -0.2) is 0 Å². The Hall–Kier alpha value is -0.420. The van der Waals surface area contributed by atoms with Gasteiger partial charge in [-0.1, -0.05) is 0 Å². The van der Waals surface area contributed by atoms with Crippen LogP contribution in [0.3, 0.4) is 0 Å². The minimum absolute atomic E-state index is 0.381. The second kappa shape index (κ2) is 6.15. The SMILES string of the molecule is COC1CCN(C(C)c2sccc2C)C(CN)C1. The number of piperidine rings is 1. The van der Waals surface area contributed by atoms with Gasteiger partial charge in [0, 0.05) is 37.2 Å². The zero-order valence-corrected chi connectivity index (χ0v) is 12.4. The van der Waals surface area contributed by atoms with Gasteiger partial charge in [0.25, 0.3) is 0 Å². The van der Waals surface area contributed by atoms with E-state index in [4.69, 9.17) is 10.5 Å². The van der Waals surface area contributed by atoms with E-state index in [0.29, 0.717) is 24.7 Å². The molecule has 3 nitrogen and oxygen atoms in total. The topological polar surface area (TPSA) is 38.5 Å². The molecule has 1 fully saturated rings. The monoisotopic (exact) mass is 268 g/mol. The van der Waals surface area contributed by atoms with Gasteiger partial charge in [-0.3, -0.25) is 4.90 Å². The highest BCUT2D eigenvalue weighted by atomic mass is 32.1. The molecule has 0 aliphatic carbocycles. The smallest absolute Gasteiger partial charge is 0.0599 e. The summed E-state index contributed by atoms with van der Waals surface area (Å²) < 4.78 is 5.49. The molecule has 3 atom stereocenters. The van der Waals surface area contributed by atoms with Crippen molar-refractivity contribution >= 4 is 11.3 Å². The summed E-state index contributed by atoms with van der Waals surface area (Å²) in [6, 6.07) is 3.12. The quantitative estimate of drug-likeness (QED) is 0.912. The zero-order chi connectivity index (χ0) is 13.1. The number of aryl methyl sites for hydroxylation is 1. The highest BCUT2D eigenvalue weighted by Crippen LogP contribution is 2.33. The molecule has 102 valence electrons. The van der Waals surface area contributed by atoms with Crippen LogP contribution in [0.1, 0.15) is 36.2 Å². The van der Waals surface area contributed by atoms with Crippen LogP contribution in [0.15, 0.2) is 11.4 Å². The molecule has 1 aliphatic heterocycles. The van der Waals surface area contributed by atoms with Gasteiger partial charge in [-0.05, 0) is 43.7 Å². The van der Waals surface area contributed by atoms with Gasteiger partial charge in [0.1, 0.15) is 0 Å². The Morgan fingerprint density at radius 3 is 2.94 bits per heavy atom. The number of likely N-dealkylation sites (tertiary alicyclic amines) is 1. The molecule has 3 unspecified atom stereocenters. The van der Waals surface area contributed by atoms with Gasteiger partial charge >= 0.3 is 0 Å². The summed E-state index contributed by atoms with van der Waals surface area (Å²) in [5, 5.41) is 2.18. The lowest BCUT2D eigenvalue weighted by atomic mass is 9.96. The maximum atomic E-state index is 5.95. The predicted octanol–water partition coefficient (Wildman–Crippen LogP) is 2.56. The maximum absolute atomic E-state index is 5.95. The molecule has 0 aromatic carbocycles. The molecule has 1 aromatic heterocycles. The van der Waals surface area contributed by atoms with Crippen molar-refractivity contribution in [3.63, 3.8) is 0 Å². The van der Waals surface area contributed by atoms with Crippen LogP contribution >= 0.6 is 11.3 Å². The van der Waals surface area contributed by atoms with Gasteiger partial charge in [0.2, 0.25) is 0 Å². The molecule has 1 aliphatic rings. The number of hydrogen-bond donors (Lipinski definition) is 1. The number of methoxy groups -OCH3 is 1. The third-order valence-electron chi connectivity index (χ3n) is 4.10. The Morgan fingerprint density at radius 2 is 2.39 bits per heavy atom. The molecular weight excluding hydrogens is 244 g/mol. The van der Waals surface area contributed by atoms with Crippen molar-refractivity contribution in [1.29, 1.82) is 0 Å². The number of ether oxygens (including phenoxy) is 1. The van der Waals surface area contributed by atoms with E-state index < -0.39 is 0 Å². The number of nitrogens with two attached hydrogens (primary N) is 1. The molecule has 1 aromatic rings. The number of hydrogen-bond acceptors (Lipinski definition) is 4. The van der Waals surface area contributed by atoms with Crippen molar-refractivity contribution in [2.75, 3.05) is 20.2 Å². The molecule has 4 heteroatoms. The zero-order valence-electron chi connectivity index (χ0n) is 11.6. The standard InChI is InChI=1S/C14H24N2OS/c1-10-5-7-18-14(10)11(2)16-6-4-13(17-3)8-12(16)9-15/h5,7,11-13H,4,6,8-9,15H2,1-3H3. The largest absolute Gasteiger partial charge is 0.381 e. The summed E-state index contributed by atoms with van der Waals surface area (Å²) in [5.41, 5.74) is 7.35. The van der Waals surface area contributed by atoms with Gasteiger partial charge in [0.15, 0.2) is 0 Å². The fourth-order valence-corrected chi connectivity index (χ4v) is 3.96. The second-order valence-corrected chi connectivity index (χ2v) is 6.10. The summed E-state index contributed by atoms with van der Waals surface area (Å²) in [7, 11) is 1.81. The first-order chi connectivity index (χ1) is 8.67. The summed E-state index contributed by atoms with van der Waals surface area (Å²) in [5.74, 6) is 0. The van der Waals surface area contributed by atoms with Gasteiger partial charge in [-0.2, -0.15) is 0 Å². The van der Waals surface area contributed by atoms with Crippen LogP contribution in [-0.2, 0) is 4.74 Å². The Bertz CT molecular complexity index is 380. The first-order valence-corrected chi connectivity index (χ1v) is 7.58. The Labute approximate surface area is 114 Å². The molecule has 1 saturated heterocycles. The lowest BCUT2D eigenvalue weighted by Crippen LogP contribution is -2.49. The number of thiophene rings is 1. The van der Waals surface area contributed by atoms with E-state index in [1.54, 1.807) is 7.11 Å². The fourth-order valence-electron chi connectivity index (χ4n) is 2.95. The highest BCUT2D eigenvalue weighted by Gasteiger charge is 2.31. The first-order valence-electron chi connectivity index (χ1n) is 6.70.